The van der Waals surface area contributed by atoms with Gasteiger partial charge >= 0.3 is 5.97 Å². The van der Waals surface area contributed by atoms with Gasteiger partial charge in [0.05, 0.1) is 24.1 Å². The van der Waals surface area contributed by atoms with Crippen molar-refractivity contribution in [3.63, 3.8) is 0 Å². The normalized spacial score (nSPS) is 10.7. The van der Waals surface area contributed by atoms with Gasteiger partial charge in [-0.15, -0.1) is 0 Å². The molecule has 4 heteroatoms. The SMILES string of the molecule is COC(=O)c1cc2[nH]c(-c3ccccn3)cc2cc1C. The molecule has 0 radical (unpaired) electrons. The Kier molecular flexibility index (Phi) is 2.99. The molecule has 3 rings (SSSR count). The first-order valence-electron chi connectivity index (χ1n) is 6.32. The summed E-state index contributed by atoms with van der Waals surface area (Å²) >= 11 is 0. The molecule has 0 amide bonds. The van der Waals surface area contributed by atoms with E-state index in [1.807, 2.05) is 43.3 Å². The Balaban J connectivity index is 2.15. The first kappa shape index (κ1) is 12.4. The van der Waals surface area contributed by atoms with E-state index < -0.39 is 0 Å². The van der Waals surface area contributed by atoms with Gasteiger partial charge in [0.2, 0.25) is 0 Å². The second-order valence-corrected chi connectivity index (χ2v) is 4.64. The first-order valence-corrected chi connectivity index (χ1v) is 6.32. The molecule has 0 bridgehead atoms. The molecule has 4 nitrogen and oxygen atoms in total. The van der Waals surface area contributed by atoms with Gasteiger partial charge in [0.25, 0.3) is 0 Å². The maximum atomic E-state index is 11.7. The number of methoxy groups -OCH3 is 1. The molecule has 0 aliphatic carbocycles. The number of nitrogens with one attached hydrogen (secondary N) is 1. The fourth-order valence-electron chi connectivity index (χ4n) is 2.28. The number of ether oxygens (including phenoxy) is 1. The van der Waals surface area contributed by atoms with E-state index in [1.54, 1.807) is 6.20 Å². The summed E-state index contributed by atoms with van der Waals surface area (Å²) in [7, 11) is 1.39. The predicted octanol–water partition coefficient (Wildman–Crippen LogP) is 3.32. The summed E-state index contributed by atoms with van der Waals surface area (Å²) < 4.78 is 4.79. The lowest BCUT2D eigenvalue weighted by Crippen LogP contribution is -2.03. The van der Waals surface area contributed by atoms with E-state index >= 15 is 0 Å². The Hall–Kier alpha value is -2.62. The number of H-pyrrole nitrogens is 1. The molecule has 0 saturated heterocycles. The quantitative estimate of drug-likeness (QED) is 0.724. The van der Waals surface area contributed by atoms with Gasteiger partial charge in [0, 0.05) is 17.1 Å². The van der Waals surface area contributed by atoms with Crippen LogP contribution >= 0.6 is 0 Å². The van der Waals surface area contributed by atoms with Crippen molar-refractivity contribution in [3.8, 4) is 11.4 Å². The zero-order valence-corrected chi connectivity index (χ0v) is 11.3. The molecular formula is C16H14N2O2. The summed E-state index contributed by atoms with van der Waals surface area (Å²) in [6.07, 6.45) is 1.76. The molecule has 1 N–H and O–H groups in total. The molecule has 0 aliphatic heterocycles. The monoisotopic (exact) mass is 266 g/mol. The summed E-state index contributed by atoms with van der Waals surface area (Å²) in [6.45, 7) is 1.90. The number of fused-ring (bicyclic) bond motifs is 1. The van der Waals surface area contributed by atoms with Gasteiger partial charge in [-0.05, 0) is 42.8 Å². The van der Waals surface area contributed by atoms with Crippen LogP contribution < -0.4 is 0 Å². The molecule has 1 aromatic carbocycles. The van der Waals surface area contributed by atoms with Gasteiger partial charge in [-0.25, -0.2) is 4.79 Å². The number of esters is 1. The number of nitrogens with zero attached hydrogens (tertiary/aromatic N) is 1. The van der Waals surface area contributed by atoms with Crippen LogP contribution in [0, 0.1) is 6.92 Å². The highest BCUT2D eigenvalue weighted by atomic mass is 16.5. The molecule has 2 aromatic heterocycles. The van der Waals surface area contributed by atoms with Crippen LogP contribution in [0.1, 0.15) is 15.9 Å². The molecule has 0 spiro atoms. The van der Waals surface area contributed by atoms with Crippen molar-refractivity contribution in [2.45, 2.75) is 6.92 Å². The molecule has 0 atom stereocenters. The number of carbonyl (C=O) groups excluding carboxylic acids is 1. The smallest absolute Gasteiger partial charge is 0.338 e. The summed E-state index contributed by atoms with van der Waals surface area (Å²) in [6, 6.07) is 11.6. The van der Waals surface area contributed by atoms with Crippen molar-refractivity contribution in [1.82, 2.24) is 9.97 Å². The molecule has 3 aromatic rings. The van der Waals surface area contributed by atoms with Crippen molar-refractivity contribution in [3.05, 3.63) is 53.7 Å². The van der Waals surface area contributed by atoms with Crippen LogP contribution in [0.15, 0.2) is 42.6 Å². The Morgan fingerprint density at radius 2 is 2.10 bits per heavy atom. The second kappa shape index (κ2) is 4.81. The standard InChI is InChI=1S/C16H14N2O2/c1-10-7-11-8-15(13-5-3-4-6-17-13)18-14(11)9-12(10)16(19)20-2/h3-9,18H,1-2H3. The predicted molar refractivity (Wildman–Crippen MR) is 77.6 cm³/mol. The van der Waals surface area contributed by atoms with Gasteiger partial charge in [0.15, 0.2) is 0 Å². The van der Waals surface area contributed by atoms with Crippen molar-refractivity contribution in [2.24, 2.45) is 0 Å². The molecule has 100 valence electrons. The number of pyridine rings is 1. The molecule has 0 fully saturated rings. The highest BCUT2D eigenvalue weighted by molar-refractivity contribution is 5.97. The Labute approximate surface area is 116 Å². The summed E-state index contributed by atoms with van der Waals surface area (Å²) in [5.41, 5.74) is 4.19. The van der Waals surface area contributed by atoms with Crippen LogP contribution in [0.25, 0.3) is 22.3 Å². The lowest BCUT2D eigenvalue weighted by atomic mass is 10.1. The van der Waals surface area contributed by atoms with Crippen molar-refractivity contribution < 1.29 is 9.53 Å². The third-order valence-electron chi connectivity index (χ3n) is 3.31. The van der Waals surface area contributed by atoms with Gasteiger partial charge in [-0.1, -0.05) is 6.07 Å². The number of aromatic nitrogens is 2. The summed E-state index contributed by atoms with van der Waals surface area (Å²) in [4.78, 5) is 19.3. The topological polar surface area (TPSA) is 55.0 Å². The molecule has 0 aliphatic rings. The van der Waals surface area contributed by atoms with Crippen molar-refractivity contribution in [1.29, 1.82) is 0 Å². The fourth-order valence-corrected chi connectivity index (χ4v) is 2.28. The summed E-state index contributed by atoms with van der Waals surface area (Å²) in [5, 5.41) is 1.05. The average Bonchev–Trinajstić information content (AvgIpc) is 2.89. The third-order valence-corrected chi connectivity index (χ3v) is 3.31. The molecular weight excluding hydrogens is 252 g/mol. The fraction of sp³-hybridized carbons (Fsp3) is 0.125. The van der Waals surface area contributed by atoms with Crippen LogP contribution in [0.3, 0.4) is 0 Å². The van der Waals surface area contributed by atoms with Crippen LogP contribution in [0.2, 0.25) is 0 Å². The second-order valence-electron chi connectivity index (χ2n) is 4.64. The van der Waals surface area contributed by atoms with E-state index in [-0.39, 0.29) is 5.97 Å². The van der Waals surface area contributed by atoms with Crippen LogP contribution in [-0.2, 0) is 4.74 Å². The molecule has 0 saturated carbocycles. The Morgan fingerprint density at radius 3 is 2.80 bits per heavy atom. The number of aromatic amines is 1. The maximum Gasteiger partial charge on any atom is 0.338 e. The molecule has 0 unspecified atom stereocenters. The lowest BCUT2D eigenvalue weighted by Gasteiger charge is -2.03. The summed E-state index contributed by atoms with van der Waals surface area (Å²) in [5.74, 6) is -0.321. The van der Waals surface area contributed by atoms with E-state index in [9.17, 15) is 4.79 Å². The zero-order valence-electron chi connectivity index (χ0n) is 11.3. The first-order chi connectivity index (χ1) is 9.69. The van der Waals surface area contributed by atoms with Gasteiger partial charge < -0.3 is 9.72 Å². The minimum Gasteiger partial charge on any atom is -0.465 e. The van der Waals surface area contributed by atoms with E-state index in [0.29, 0.717) is 5.56 Å². The minimum atomic E-state index is -0.321. The number of carbonyl (C=O) groups is 1. The average molecular weight is 266 g/mol. The van der Waals surface area contributed by atoms with Crippen molar-refractivity contribution >= 4 is 16.9 Å². The molecule has 20 heavy (non-hydrogen) atoms. The van der Waals surface area contributed by atoms with E-state index in [1.165, 1.54) is 7.11 Å². The highest BCUT2D eigenvalue weighted by Crippen LogP contribution is 2.25. The Morgan fingerprint density at radius 1 is 1.25 bits per heavy atom. The number of aryl methyl sites for hydroxylation is 1. The van der Waals surface area contributed by atoms with E-state index in [0.717, 1.165) is 27.9 Å². The van der Waals surface area contributed by atoms with Crippen LogP contribution in [0.4, 0.5) is 0 Å². The van der Waals surface area contributed by atoms with Crippen molar-refractivity contribution in [2.75, 3.05) is 7.11 Å². The number of hydrogen-bond donors (Lipinski definition) is 1. The largest absolute Gasteiger partial charge is 0.465 e. The van der Waals surface area contributed by atoms with Gasteiger partial charge in [-0.2, -0.15) is 0 Å². The molecule has 2 heterocycles. The highest BCUT2D eigenvalue weighted by Gasteiger charge is 2.12. The number of rotatable bonds is 2. The van der Waals surface area contributed by atoms with E-state index in [2.05, 4.69) is 9.97 Å². The van der Waals surface area contributed by atoms with Crippen LogP contribution in [-0.4, -0.2) is 23.0 Å². The van der Waals surface area contributed by atoms with Gasteiger partial charge in [0.1, 0.15) is 0 Å². The zero-order chi connectivity index (χ0) is 14.1. The maximum absolute atomic E-state index is 11.7. The van der Waals surface area contributed by atoms with E-state index in [4.69, 9.17) is 4.74 Å². The number of benzene rings is 1. The lowest BCUT2D eigenvalue weighted by molar-refractivity contribution is 0.0600. The van der Waals surface area contributed by atoms with Gasteiger partial charge in [-0.3, -0.25) is 4.98 Å². The van der Waals surface area contributed by atoms with Crippen LogP contribution in [0.5, 0.6) is 0 Å². The minimum absolute atomic E-state index is 0.321. The number of hydrogen-bond acceptors (Lipinski definition) is 3. The third kappa shape index (κ3) is 2.05. The Bertz CT molecular complexity index is 776.